The van der Waals surface area contributed by atoms with Crippen molar-refractivity contribution in [2.24, 2.45) is 5.16 Å². The lowest BCUT2D eigenvalue weighted by Crippen LogP contribution is -2.36. The Balaban J connectivity index is 2.22. The van der Waals surface area contributed by atoms with E-state index in [9.17, 15) is 0 Å². The number of hydrogen-bond acceptors (Lipinski definition) is 3. The smallest absolute Gasteiger partial charge is 0.140 e. The van der Waals surface area contributed by atoms with Gasteiger partial charge in [0, 0.05) is 12.8 Å². The second-order valence-corrected chi connectivity index (χ2v) is 3.00. The first-order valence-corrected chi connectivity index (χ1v) is 4.15. The van der Waals surface area contributed by atoms with Crippen LogP contribution in [0.3, 0.4) is 0 Å². The SMILES string of the molecule is C/C=N\O[C@@H]1CCCN(C)C1. The lowest BCUT2D eigenvalue weighted by Gasteiger charge is -2.27. The summed E-state index contributed by atoms with van der Waals surface area (Å²) < 4.78 is 0. The van der Waals surface area contributed by atoms with Gasteiger partial charge in [-0.15, -0.1) is 0 Å². The van der Waals surface area contributed by atoms with E-state index in [0.29, 0.717) is 6.10 Å². The third kappa shape index (κ3) is 2.89. The van der Waals surface area contributed by atoms with Gasteiger partial charge < -0.3 is 9.74 Å². The van der Waals surface area contributed by atoms with Crippen molar-refractivity contribution in [1.29, 1.82) is 0 Å². The number of rotatable bonds is 2. The van der Waals surface area contributed by atoms with Crippen LogP contribution in [-0.2, 0) is 4.84 Å². The molecule has 0 unspecified atom stereocenters. The number of nitrogens with zero attached hydrogens (tertiary/aromatic N) is 2. The predicted octanol–water partition coefficient (Wildman–Crippen LogP) is 1.10. The molecule has 0 bridgehead atoms. The fourth-order valence-electron chi connectivity index (χ4n) is 1.35. The molecule has 0 aromatic heterocycles. The third-order valence-electron chi connectivity index (χ3n) is 1.90. The van der Waals surface area contributed by atoms with E-state index in [1.807, 2.05) is 6.92 Å². The van der Waals surface area contributed by atoms with E-state index < -0.39 is 0 Å². The Morgan fingerprint density at radius 1 is 1.64 bits per heavy atom. The molecule has 0 N–H and O–H groups in total. The molecule has 1 atom stereocenters. The van der Waals surface area contributed by atoms with Gasteiger partial charge in [-0.3, -0.25) is 0 Å². The molecule has 1 fully saturated rings. The Morgan fingerprint density at radius 2 is 2.45 bits per heavy atom. The van der Waals surface area contributed by atoms with Crippen LogP contribution in [0.15, 0.2) is 5.16 Å². The van der Waals surface area contributed by atoms with E-state index >= 15 is 0 Å². The summed E-state index contributed by atoms with van der Waals surface area (Å²) in [6, 6.07) is 0. The molecule has 1 rings (SSSR count). The van der Waals surface area contributed by atoms with E-state index in [4.69, 9.17) is 4.84 Å². The van der Waals surface area contributed by atoms with Gasteiger partial charge in [0.25, 0.3) is 0 Å². The monoisotopic (exact) mass is 156 g/mol. The second-order valence-electron chi connectivity index (χ2n) is 3.00. The van der Waals surface area contributed by atoms with Crippen LogP contribution in [0.5, 0.6) is 0 Å². The highest BCUT2D eigenvalue weighted by Gasteiger charge is 2.17. The summed E-state index contributed by atoms with van der Waals surface area (Å²) >= 11 is 0. The zero-order chi connectivity index (χ0) is 8.10. The molecule has 11 heavy (non-hydrogen) atoms. The van der Waals surface area contributed by atoms with Crippen LogP contribution in [-0.4, -0.2) is 37.4 Å². The largest absolute Gasteiger partial charge is 0.391 e. The van der Waals surface area contributed by atoms with Crippen LogP contribution < -0.4 is 0 Å². The van der Waals surface area contributed by atoms with E-state index in [-0.39, 0.29) is 0 Å². The molecule has 0 aromatic rings. The number of likely N-dealkylation sites (tertiary alicyclic amines) is 1. The Kier molecular flexibility index (Phi) is 3.36. The van der Waals surface area contributed by atoms with Gasteiger partial charge in [0.2, 0.25) is 0 Å². The fraction of sp³-hybridized carbons (Fsp3) is 0.875. The highest BCUT2D eigenvalue weighted by molar-refractivity contribution is 5.52. The second kappa shape index (κ2) is 4.34. The Labute approximate surface area is 68.0 Å². The normalized spacial score (nSPS) is 27.6. The van der Waals surface area contributed by atoms with E-state index in [1.165, 1.54) is 13.0 Å². The summed E-state index contributed by atoms with van der Waals surface area (Å²) in [5.74, 6) is 0. The molecule has 1 heterocycles. The van der Waals surface area contributed by atoms with Crippen LogP contribution in [0, 0.1) is 0 Å². The zero-order valence-electron chi connectivity index (χ0n) is 7.29. The summed E-state index contributed by atoms with van der Waals surface area (Å²) in [4.78, 5) is 7.51. The van der Waals surface area contributed by atoms with Crippen LogP contribution in [0.1, 0.15) is 19.8 Å². The van der Waals surface area contributed by atoms with Gasteiger partial charge in [0.15, 0.2) is 0 Å². The summed E-state index contributed by atoms with van der Waals surface area (Å²) in [5, 5.41) is 3.78. The van der Waals surface area contributed by atoms with Crippen LogP contribution in [0.4, 0.5) is 0 Å². The standard InChI is InChI=1S/C8H16N2O/c1-3-9-11-8-5-4-6-10(2)7-8/h3,8H,4-7H2,1-2H3/b9-3-/t8-/m1/s1. The highest BCUT2D eigenvalue weighted by Crippen LogP contribution is 2.11. The average Bonchev–Trinajstić information content (AvgIpc) is 2.01. The molecule has 0 aliphatic carbocycles. The van der Waals surface area contributed by atoms with Gasteiger partial charge in [-0.1, -0.05) is 5.16 Å². The predicted molar refractivity (Wildman–Crippen MR) is 45.8 cm³/mol. The fourth-order valence-corrected chi connectivity index (χ4v) is 1.35. The van der Waals surface area contributed by atoms with Gasteiger partial charge in [-0.05, 0) is 33.4 Å². The number of oxime groups is 1. The topological polar surface area (TPSA) is 24.8 Å². The van der Waals surface area contributed by atoms with Crippen molar-refractivity contribution in [2.75, 3.05) is 20.1 Å². The molecule has 3 nitrogen and oxygen atoms in total. The van der Waals surface area contributed by atoms with Crippen molar-refractivity contribution in [3.8, 4) is 0 Å². The van der Waals surface area contributed by atoms with Gasteiger partial charge in [-0.2, -0.15) is 0 Å². The zero-order valence-corrected chi connectivity index (χ0v) is 7.29. The van der Waals surface area contributed by atoms with Crippen LogP contribution >= 0.6 is 0 Å². The maximum absolute atomic E-state index is 5.23. The van der Waals surface area contributed by atoms with Crippen molar-refractivity contribution in [3.05, 3.63) is 0 Å². The molecule has 3 heteroatoms. The van der Waals surface area contributed by atoms with Crippen molar-refractivity contribution < 1.29 is 4.84 Å². The van der Waals surface area contributed by atoms with Gasteiger partial charge >= 0.3 is 0 Å². The summed E-state index contributed by atoms with van der Waals surface area (Å²) in [6.07, 6.45) is 4.36. The van der Waals surface area contributed by atoms with Crippen LogP contribution in [0.2, 0.25) is 0 Å². The summed E-state index contributed by atoms with van der Waals surface area (Å²) in [5.41, 5.74) is 0. The first kappa shape index (κ1) is 8.53. The summed E-state index contributed by atoms with van der Waals surface area (Å²) in [6.45, 7) is 4.07. The molecule has 0 radical (unpaired) electrons. The summed E-state index contributed by atoms with van der Waals surface area (Å²) in [7, 11) is 2.12. The van der Waals surface area contributed by atoms with E-state index in [1.54, 1.807) is 6.21 Å². The van der Waals surface area contributed by atoms with Crippen molar-refractivity contribution >= 4 is 6.21 Å². The maximum Gasteiger partial charge on any atom is 0.140 e. The van der Waals surface area contributed by atoms with Crippen molar-refractivity contribution in [3.63, 3.8) is 0 Å². The Bertz CT molecular complexity index is 136. The lowest BCUT2D eigenvalue weighted by atomic mass is 10.1. The molecule has 1 aliphatic rings. The molecule has 0 saturated carbocycles. The Hall–Kier alpha value is -0.570. The van der Waals surface area contributed by atoms with Gasteiger partial charge in [-0.25, -0.2) is 0 Å². The molecule has 0 amide bonds. The maximum atomic E-state index is 5.23. The molecule has 1 aliphatic heterocycles. The highest BCUT2D eigenvalue weighted by atomic mass is 16.6. The van der Waals surface area contributed by atoms with Crippen molar-refractivity contribution in [1.82, 2.24) is 4.90 Å². The molecular weight excluding hydrogens is 140 g/mol. The lowest BCUT2D eigenvalue weighted by molar-refractivity contribution is 0.0106. The molecule has 64 valence electrons. The van der Waals surface area contributed by atoms with Crippen LogP contribution in [0.25, 0.3) is 0 Å². The molecule has 0 aromatic carbocycles. The van der Waals surface area contributed by atoms with Crippen molar-refractivity contribution in [2.45, 2.75) is 25.9 Å². The number of piperidine rings is 1. The quantitative estimate of drug-likeness (QED) is 0.442. The number of likely N-dealkylation sites (N-methyl/N-ethyl adjacent to an activating group) is 1. The van der Waals surface area contributed by atoms with Gasteiger partial charge in [0.1, 0.15) is 6.10 Å². The number of hydrogen-bond donors (Lipinski definition) is 0. The molecular formula is C8H16N2O. The third-order valence-corrected chi connectivity index (χ3v) is 1.90. The average molecular weight is 156 g/mol. The molecule has 1 saturated heterocycles. The Morgan fingerprint density at radius 3 is 3.09 bits per heavy atom. The minimum Gasteiger partial charge on any atom is -0.391 e. The van der Waals surface area contributed by atoms with Gasteiger partial charge in [0.05, 0.1) is 0 Å². The van der Waals surface area contributed by atoms with E-state index in [0.717, 1.165) is 13.0 Å². The molecule has 0 spiro atoms. The van der Waals surface area contributed by atoms with E-state index in [2.05, 4.69) is 17.1 Å². The minimum absolute atomic E-state index is 0.310. The minimum atomic E-state index is 0.310. The first-order valence-electron chi connectivity index (χ1n) is 4.15. The first-order chi connectivity index (χ1) is 5.33.